The van der Waals surface area contributed by atoms with Gasteiger partial charge in [-0.2, -0.15) is 0 Å². The number of hydrogen-bond acceptors (Lipinski definition) is 7. The lowest BCUT2D eigenvalue weighted by Crippen LogP contribution is -2.23. The number of sulfone groups is 1. The molecule has 2 aromatic heterocycles. The van der Waals surface area contributed by atoms with Crippen LogP contribution in [0.3, 0.4) is 0 Å². The summed E-state index contributed by atoms with van der Waals surface area (Å²) >= 11 is 1.11. The molecule has 240 valence electrons. The fourth-order valence-electron chi connectivity index (χ4n) is 5.91. The summed E-state index contributed by atoms with van der Waals surface area (Å²) in [5.74, 6) is 0.591. The van der Waals surface area contributed by atoms with E-state index in [1.165, 1.54) is 0 Å². The monoisotopic (exact) mass is 670 g/mol. The van der Waals surface area contributed by atoms with Gasteiger partial charge in [0.05, 0.1) is 44.6 Å². The van der Waals surface area contributed by atoms with Gasteiger partial charge in [-0.3, -0.25) is 9.97 Å². The van der Waals surface area contributed by atoms with Crippen LogP contribution in [0.4, 0.5) is 0 Å². The van der Waals surface area contributed by atoms with Crippen LogP contribution in [0.1, 0.15) is 50.2 Å². The van der Waals surface area contributed by atoms with E-state index in [0.29, 0.717) is 11.4 Å². The number of para-hydroxylation sites is 1. The van der Waals surface area contributed by atoms with Crippen molar-refractivity contribution in [3.05, 3.63) is 156 Å². The highest BCUT2D eigenvalue weighted by Crippen LogP contribution is 2.41. The van der Waals surface area contributed by atoms with Crippen LogP contribution in [0.2, 0.25) is 0 Å². The zero-order chi connectivity index (χ0) is 33.5. The topological polar surface area (TPSA) is 78.4 Å². The van der Waals surface area contributed by atoms with E-state index in [1.54, 1.807) is 36.4 Å². The van der Waals surface area contributed by atoms with Crippen LogP contribution in [0.5, 0.6) is 5.75 Å². The molecular weight excluding hydrogens is 637 g/mol. The fourth-order valence-corrected chi connectivity index (χ4v) is 7.80. The summed E-state index contributed by atoms with van der Waals surface area (Å²) in [6.45, 7) is 8.41. The predicted molar refractivity (Wildman–Crippen MR) is 190 cm³/mol. The second kappa shape index (κ2) is 12.4. The van der Waals surface area contributed by atoms with Gasteiger partial charge in [-0.15, -0.1) is 4.33 Å². The number of benzene rings is 4. The number of nitrogens with zero attached hydrogens (tertiary/aromatic N) is 2. The summed E-state index contributed by atoms with van der Waals surface area (Å²) in [7, 11) is -3.84. The van der Waals surface area contributed by atoms with Crippen LogP contribution in [0.25, 0.3) is 22.5 Å². The summed E-state index contributed by atoms with van der Waals surface area (Å²) in [6.07, 6.45) is 0. The number of aromatic nitrogens is 2. The highest BCUT2D eigenvalue weighted by molar-refractivity contribution is 7.94. The zero-order valence-corrected chi connectivity index (χ0v) is 28.7. The van der Waals surface area contributed by atoms with Crippen LogP contribution in [-0.2, 0) is 25.0 Å². The lowest BCUT2D eigenvalue weighted by molar-refractivity contribution is -0.0777. The van der Waals surface area contributed by atoms with Crippen molar-refractivity contribution in [1.82, 2.24) is 9.97 Å². The Morgan fingerprint density at radius 2 is 1.12 bits per heavy atom. The fraction of sp³-hybridized carbons (Fsp3) is 0.150. The molecule has 1 aliphatic rings. The van der Waals surface area contributed by atoms with Gasteiger partial charge in [0.25, 0.3) is 0 Å². The van der Waals surface area contributed by atoms with E-state index in [4.69, 9.17) is 19.2 Å². The molecule has 0 radical (unpaired) electrons. The molecule has 0 spiro atoms. The van der Waals surface area contributed by atoms with Gasteiger partial charge >= 0.3 is 0 Å². The Bertz CT molecular complexity index is 2240. The second-order valence-corrected chi connectivity index (χ2v) is 15.6. The molecule has 8 heteroatoms. The molecule has 0 amide bonds. The normalized spacial score (nSPS) is 14.5. The molecule has 3 heterocycles. The number of rotatable bonds is 6. The molecule has 0 unspecified atom stereocenters. The van der Waals surface area contributed by atoms with E-state index in [0.717, 1.165) is 56.3 Å². The van der Waals surface area contributed by atoms with Gasteiger partial charge in [0.15, 0.2) is 5.75 Å². The first-order valence-electron chi connectivity index (χ1n) is 15.7. The first kappa shape index (κ1) is 31.8. The molecule has 0 atom stereocenters. The minimum Gasteiger partial charge on any atom is -0.325 e. The highest BCUT2D eigenvalue weighted by Gasteiger charge is 2.31. The number of hydrogen-bond donors (Lipinski definition) is 0. The zero-order valence-electron chi connectivity index (χ0n) is 27.0. The molecule has 1 aliphatic heterocycles. The Morgan fingerprint density at radius 3 is 1.75 bits per heavy atom. The maximum Gasteiger partial charge on any atom is 0.206 e. The molecule has 0 saturated heterocycles. The largest absolute Gasteiger partial charge is 0.325 e. The van der Waals surface area contributed by atoms with Crippen LogP contribution < -0.4 is 4.89 Å². The second-order valence-electron chi connectivity index (χ2n) is 12.9. The van der Waals surface area contributed by atoms with Crippen molar-refractivity contribution in [3.63, 3.8) is 0 Å². The van der Waals surface area contributed by atoms with Crippen LogP contribution in [0, 0.1) is 0 Å². The first-order valence-corrected chi connectivity index (χ1v) is 17.9. The van der Waals surface area contributed by atoms with Crippen LogP contribution in [0.15, 0.2) is 148 Å². The minimum atomic E-state index is -3.84. The van der Waals surface area contributed by atoms with Crippen molar-refractivity contribution in [2.45, 2.75) is 53.2 Å². The number of pyridine rings is 2. The van der Waals surface area contributed by atoms with Gasteiger partial charge in [0, 0.05) is 26.9 Å². The van der Waals surface area contributed by atoms with E-state index < -0.39 is 20.7 Å². The lowest BCUT2D eigenvalue weighted by Gasteiger charge is -2.29. The standard InChI is InChI=1S/C40H34N2O4S2/c1-39(2)29-21-27(23-32(25-29)47-46-45-31-13-7-5-8-14-31)35-17-11-19-37(41-35)40(3,4)38-20-12-18-36(42-38)28-22-30(39)26-34(24-28)48(43,44)33-15-9-6-10-16-33/h5-26H,1-4H3. The van der Waals surface area contributed by atoms with Gasteiger partial charge in [-0.25, -0.2) is 8.42 Å². The van der Waals surface area contributed by atoms with Crippen molar-refractivity contribution in [3.8, 4) is 28.3 Å². The third-order valence-corrected chi connectivity index (χ3v) is 11.3. The molecular formula is C40H34N2O4S2. The van der Waals surface area contributed by atoms with Crippen molar-refractivity contribution in [1.29, 1.82) is 0 Å². The van der Waals surface area contributed by atoms with Gasteiger partial charge in [-0.1, -0.05) is 62.4 Å². The quantitative estimate of drug-likeness (QED) is 0.0992. The van der Waals surface area contributed by atoms with Gasteiger partial charge in [-0.05, 0) is 110 Å². The molecule has 6 aromatic rings. The maximum absolute atomic E-state index is 14.1. The Labute approximate surface area is 285 Å². The molecule has 0 saturated carbocycles. The van der Waals surface area contributed by atoms with Crippen molar-refractivity contribution < 1.29 is 17.6 Å². The highest BCUT2D eigenvalue weighted by atomic mass is 32.2. The third-order valence-electron chi connectivity index (χ3n) is 8.99. The van der Waals surface area contributed by atoms with E-state index in [2.05, 4.69) is 45.9 Å². The molecule has 7 rings (SSSR count). The average Bonchev–Trinajstić information content (AvgIpc) is 3.12. The first-order chi connectivity index (χ1) is 23.0. The Balaban J connectivity index is 1.45. The minimum absolute atomic E-state index is 0.213. The smallest absolute Gasteiger partial charge is 0.206 e. The molecule has 8 bridgehead atoms. The van der Waals surface area contributed by atoms with E-state index in [1.807, 2.05) is 78.9 Å². The van der Waals surface area contributed by atoms with Crippen LogP contribution in [-0.4, -0.2) is 18.4 Å². The lowest BCUT2D eigenvalue weighted by atomic mass is 9.76. The summed E-state index contributed by atoms with van der Waals surface area (Å²) in [5, 5.41) is 0. The average molecular weight is 671 g/mol. The number of fused-ring (bicyclic) bond motifs is 10. The van der Waals surface area contributed by atoms with Gasteiger partial charge in [0.1, 0.15) is 0 Å². The third kappa shape index (κ3) is 6.03. The van der Waals surface area contributed by atoms with Crippen LogP contribution >= 0.6 is 12.0 Å². The summed E-state index contributed by atoms with van der Waals surface area (Å²) in [5.41, 5.74) is 5.39. The van der Waals surface area contributed by atoms with Gasteiger partial charge < -0.3 is 4.89 Å². The van der Waals surface area contributed by atoms with Gasteiger partial charge in [0.2, 0.25) is 9.84 Å². The van der Waals surface area contributed by atoms with Crippen molar-refractivity contribution in [2.24, 2.45) is 0 Å². The Morgan fingerprint density at radius 1 is 0.562 bits per heavy atom. The molecule has 48 heavy (non-hydrogen) atoms. The molecule has 0 N–H and O–H groups in total. The van der Waals surface area contributed by atoms with Crippen molar-refractivity contribution in [2.75, 3.05) is 0 Å². The SMILES string of the molecule is CC1(C)c2cc(SOOc3ccccc3)cc(c2)-c2cccc(n2)C(C)(C)c2cccc(n2)-c2cc1cc(S(=O)(=O)c1ccccc1)c2. The maximum atomic E-state index is 14.1. The summed E-state index contributed by atoms with van der Waals surface area (Å²) in [4.78, 5) is 17.1. The predicted octanol–water partition coefficient (Wildman–Crippen LogP) is 9.63. The molecule has 6 nitrogen and oxygen atoms in total. The summed E-state index contributed by atoms with van der Waals surface area (Å²) in [6, 6.07) is 41.6. The molecule has 4 aromatic carbocycles. The van der Waals surface area contributed by atoms with E-state index >= 15 is 0 Å². The van der Waals surface area contributed by atoms with E-state index in [9.17, 15) is 8.42 Å². The Kier molecular flexibility index (Phi) is 8.19. The molecule has 0 fully saturated rings. The Hall–Kier alpha value is -4.76. The summed E-state index contributed by atoms with van der Waals surface area (Å²) < 4.78 is 33.9. The van der Waals surface area contributed by atoms with E-state index in [-0.39, 0.29) is 9.79 Å². The van der Waals surface area contributed by atoms with Crippen molar-refractivity contribution >= 4 is 21.9 Å². The molecule has 0 aliphatic carbocycles.